The molecule has 0 bridgehead atoms. The molecule has 0 unspecified atom stereocenters. The molecule has 0 fully saturated rings. The van der Waals surface area contributed by atoms with Gasteiger partial charge in [0.25, 0.3) is 8.32 Å². The molecule has 0 saturated carbocycles. The van der Waals surface area contributed by atoms with Crippen molar-refractivity contribution < 1.29 is 4.12 Å². The Balaban J connectivity index is 1.86. The van der Waals surface area contributed by atoms with Crippen molar-refractivity contribution in [3.63, 3.8) is 0 Å². The van der Waals surface area contributed by atoms with Gasteiger partial charge in [0.1, 0.15) is 0 Å². The van der Waals surface area contributed by atoms with Crippen LogP contribution in [0.1, 0.15) is 12.8 Å². The summed E-state index contributed by atoms with van der Waals surface area (Å²) in [6, 6.07) is 55.7. The third kappa shape index (κ3) is 5.03. The topological polar surface area (TPSA) is 9.23 Å². The van der Waals surface area contributed by atoms with Crippen molar-refractivity contribution in [1.29, 1.82) is 0 Å². The van der Waals surface area contributed by atoms with Crippen LogP contribution in [-0.4, -0.2) is 16.6 Å². The Morgan fingerprint density at radius 1 is 0.432 bits per heavy atom. The maximum Gasteiger partial charge on any atom is 0.278 e. The molecule has 0 spiro atoms. The molecule has 0 N–H and O–H groups in total. The Morgan fingerprint density at radius 3 is 1.03 bits per heavy atom. The van der Waals surface area contributed by atoms with Crippen LogP contribution in [0, 0.1) is 6.92 Å². The van der Waals surface area contributed by atoms with Crippen LogP contribution in [0.3, 0.4) is 0 Å². The van der Waals surface area contributed by atoms with Crippen LogP contribution in [-0.2, 0) is 4.12 Å². The van der Waals surface area contributed by atoms with E-state index in [1.807, 2.05) is 0 Å². The lowest BCUT2D eigenvalue weighted by molar-refractivity contribution is 0.578. The minimum absolute atomic E-state index is 0.883. The average molecular weight is 514 g/mol. The predicted molar refractivity (Wildman–Crippen MR) is 162 cm³/mol. The van der Waals surface area contributed by atoms with E-state index in [2.05, 4.69) is 159 Å². The molecule has 37 heavy (non-hydrogen) atoms. The number of benzene rings is 5. The van der Waals surface area contributed by atoms with E-state index in [-0.39, 0.29) is 0 Å². The normalized spacial score (nSPS) is 11.8. The standard InChI is InChI=1S/C34H33OSi2/c1-2-3-29-36(30-19-9-4-10-20-30,31-21-11-5-12-22-31)35-37(32-23-13-6-14-24-32,33-25-15-7-16-26-33)34-27-17-8-18-28-34/h4-28H,1-3,29H2. The second-order valence-corrected chi connectivity index (χ2v) is 16.6. The summed E-state index contributed by atoms with van der Waals surface area (Å²) in [5.74, 6) is 0. The predicted octanol–water partition coefficient (Wildman–Crippen LogP) is 5.04. The molecule has 5 rings (SSSR count). The summed E-state index contributed by atoms with van der Waals surface area (Å²) in [6.07, 6.45) is 1.90. The van der Waals surface area contributed by atoms with Gasteiger partial charge in [0.05, 0.1) is 0 Å². The Bertz CT molecular complexity index is 1220. The molecule has 0 saturated heterocycles. The Kier molecular flexibility index (Phi) is 7.95. The molecule has 0 heterocycles. The quantitative estimate of drug-likeness (QED) is 0.188. The van der Waals surface area contributed by atoms with E-state index in [4.69, 9.17) is 4.12 Å². The Hall–Kier alpha value is -3.51. The van der Waals surface area contributed by atoms with Gasteiger partial charge in [-0.05, 0) is 32.0 Å². The minimum atomic E-state index is -2.93. The highest BCUT2D eigenvalue weighted by Gasteiger charge is 2.51. The van der Waals surface area contributed by atoms with Gasteiger partial charge in [-0.15, -0.1) is 0 Å². The second-order valence-electron chi connectivity index (χ2n) is 9.40. The highest BCUT2D eigenvalue weighted by molar-refractivity contribution is 7.14. The summed E-state index contributed by atoms with van der Waals surface area (Å²) >= 11 is 0. The van der Waals surface area contributed by atoms with E-state index >= 15 is 0 Å². The summed E-state index contributed by atoms with van der Waals surface area (Å²) in [7, 11) is -5.66. The first-order valence-electron chi connectivity index (χ1n) is 13.1. The molecule has 0 aliphatic carbocycles. The van der Waals surface area contributed by atoms with Crippen molar-refractivity contribution in [2.24, 2.45) is 0 Å². The Morgan fingerprint density at radius 2 is 0.730 bits per heavy atom. The highest BCUT2D eigenvalue weighted by atomic mass is 28.4. The van der Waals surface area contributed by atoms with E-state index in [9.17, 15) is 0 Å². The first-order chi connectivity index (χ1) is 18.3. The molecular formula is C34H33OSi2. The number of rotatable bonds is 10. The lowest BCUT2D eigenvalue weighted by atomic mass is 10.3. The molecule has 0 atom stereocenters. The number of hydrogen-bond acceptors (Lipinski definition) is 1. The third-order valence-corrected chi connectivity index (χ3v) is 16.8. The van der Waals surface area contributed by atoms with Gasteiger partial charge < -0.3 is 4.12 Å². The zero-order valence-corrected chi connectivity index (χ0v) is 23.2. The van der Waals surface area contributed by atoms with Crippen molar-refractivity contribution in [1.82, 2.24) is 0 Å². The van der Waals surface area contributed by atoms with E-state index in [0.717, 1.165) is 18.9 Å². The van der Waals surface area contributed by atoms with Gasteiger partial charge in [-0.1, -0.05) is 171 Å². The zero-order valence-electron chi connectivity index (χ0n) is 21.2. The minimum Gasteiger partial charge on any atom is -0.439 e. The van der Waals surface area contributed by atoms with Gasteiger partial charge >= 0.3 is 0 Å². The van der Waals surface area contributed by atoms with Gasteiger partial charge in [-0.25, -0.2) is 0 Å². The fourth-order valence-corrected chi connectivity index (χ4v) is 16.3. The van der Waals surface area contributed by atoms with Crippen LogP contribution in [0.25, 0.3) is 0 Å². The van der Waals surface area contributed by atoms with E-state index in [1.165, 1.54) is 25.9 Å². The van der Waals surface area contributed by atoms with Crippen LogP contribution < -0.4 is 25.9 Å². The molecule has 0 aliphatic heterocycles. The summed E-state index contributed by atoms with van der Waals surface area (Å²) in [4.78, 5) is 0. The van der Waals surface area contributed by atoms with E-state index < -0.39 is 16.6 Å². The lowest BCUT2D eigenvalue weighted by Crippen LogP contribution is -2.77. The van der Waals surface area contributed by atoms with E-state index in [0.29, 0.717) is 0 Å². The van der Waals surface area contributed by atoms with Gasteiger partial charge in [-0.2, -0.15) is 0 Å². The van der Waals surface area contributed by atoms with Crippen LogP contribution in [0.5, 0.6) is 0 Å². The number of unbranched alkanes of at least 4 members (excludes halogenated alkanes) is 1. The smallest absolute Gasteiger partial charge is 0.278 e. The van der Waals surface area contributed by atoms with Gasteiger partial charge in [-0.3, -0.25) is 0 Å². The van der Waals surface area contributed by atoms with Crippen molar-refractivity contribution in [3.8, 4) is 0 Å². The third-order valence-electron chi connectivity index (χ3n) is 7.13. The van der Waals surface area contributed by atoms with Crippen molar-refractivity contribution in [3.05, 3.63) is 159 Å². The molecule has 5 aromatic carbocycles. The molecule has 1 nitrogen and oxygen atoms in total. The molecule has 0 amide bonds. The van der Waals surface area contributed by atoms with Crippen molar-refractivity contribution in [2.75, 3.05) is 0 Å². The van der Waals surface area contributed by atoms with E-state index in [1.54, 1.807) is 0 Å². The summed E-state index contributed by atoms with van der Waals surface area (Å²) in [5, 5.41) is 6.44. The largest absolute Gasteiger partial charge is 0.439 e. The van der Waals surface area contributed by atoms with Crippen molar-refractivity contribution >= 4 is 42.6 Å². The molecule has 183 valence electrons. The van der Waals surface area contributed by atoms with Gasteiger partial charge in [0.2, 0.25) is 8.32 Å². The first kappa shape index (κ1) is 25.2. The monoisotopic (exact) mass is 513 g/mol. The summed E-state index contributed by atoms with van der Waals surface area (Å²) < 4.78 is 8.11. The fraction of sp³-hybridized carbons (Fsp3) is 0.0882. The maximum atomic E-state index is 8.11. The molecular weight excluding hydrogens is 481 g/mol. The SMILES string of the molecule is [CH2]CCC[Si](O[Si](c1ccccc1)(c1ccccc1)c1ccccc1)(c1ccccc1)c1ccccc1. The summed E-state index contributed by atoms with van der Waals surface area (Å²) in [6.45, 7) is 4.23. The van der Waals surface area contributed by atoms with Gasteiger partial charge in [0, 0.05) is 0 Å². The molecule has 5 aromatic rings. The van der Waals surface area contributed by atoms with Crippen LogP contribution >= 0.6 is 0 Å². The molecule has 0 aromatic heterocycles. The maximum absolute atomic E-state index is 8.11. The van der Waals surface area contributed by atoms with Crippen molar-refractivity contribution in [2.45, 2.75) is 18.9 Å². The summed E-state index contributed by atoms with van der Waals surface area (Å²) in [5.41, 5.74) is 0. The lowest BCUT2D eigenvalue weighted by Gasteiger charge is -2.44. The van der Waals surface area contributed by atoms with Gasteiger partial charge in [0.15, 0.2) is 0 Å². The fourth-order valence-electron chi connectivity index (χ4n) is 5.37. The average Bonchev–Trinajstić information content (AvgIpc) is 3.00. The molecule has 1 radical (unpaired) electrons. The zero-order chi connectivity index (χ0) is 25.4. The molecule has 3 heteroatoms. The number of hydrogen-bond donors (Lipinski definition) is 0. The first-order valence-corrected chi connectivity index (χ1v) is 17.1. The Labute approximate surface area is 223 Å². The van der Waals surface area contributed by atoms with Crippen LogP contribution in [0.15, 0.2) is 152 Å². The second kappa shape index (κ2) is 11.7. The molecule has 0 aliphatic rings. The van der Waals surface area contributed by atoms with Crippen LogP contribution in [0.2, 0.25) is 6.04 Å². The van der Waals surface area contributed by atoms with Crippen LogP contribution in [0.4, 0.5) is 0 Å². The highest BCUT2D eigenvalue weighted by Crippen LogP contribution is 2.23.